The van der Waals surface area contributed by atoms with E-state index in [9.17, 15) is 13.2 Å². The predicted molar refractivity (Wildman–Crippen MR) is 143 cm³/mol. The average molecular weight is 527 g/mol. The molecule has 4 rings (SSSR count). The Morgan fingerprint density at radius 3 is 2.44 bits per heavy atom. The third-order valence-corrected chi connectivity index (χ3v) is 8.40. The topological polar surface area (TPSA) is 75.7 Å². The molecule has 3 aromatic carbocycles. The minimum Gasteiger partial charge on any atom is -0.492 e. The molecular formula is C28H31ClN2O4S. The van der Waals surface area contributed by atoms with Crippen molar-refractivity contribution < 1.29 is 17.9 Å². The van der Waals surface area contributed by atoms with E-state index in [1.165, 1.54) is 48.2 Å². The number of carbonyl (C=O) groups is 1. The normalized spacial score (nSPS) is 14.0. The Bertz CT molecular complexity index is 1330. The predicted octanol–water partition coefficient (Wildman–Crippen LogP) is 5.69. The Morgan fingerprint density at radius 1 is 1.03 bits per heavy atom. The largest absolute Gasteiger partial charge is 0.492 e. The van der Waals surface area contributed by atoms with Crippen molar-refractivity contribution in [2.45, 2.75) is 50.5 Å². The van der Waals surface area contributed by atoms with Crippen molar-refractivity contribution in [1.82, 2.24) is 5.32 Å². The minimum absolute atomic E-state index is 0.0359. The maximum Gasteiger partial charge on any atom is 0.264 e. The Labute approximate surface area is 218 Å². The van der Waals surface area contributed by atoms with Crippen molar-refractivity contribution in [3.8, 4) is 5.75 Å². The molecule has 0 spiro atoms. The number of nitrogens with one attached hydrogen (secondary N) is 1. The molecule has 0 unspecified atom stereocenters. The fourth-order valence-corrected chi connectivity index (χ4v) is 6.06. The Kier molecular flexibility index (Phi) is 8.21. The lowest BCUT2D eigenvalue weighted by Gasteiger charge is -2.27. The minimum atomic E-state index is -4.09. The van der Waals surface area contributed by atoms with Crippen molar-refractivity contribution in [3.05, 3.63) is 88.4 Å². The number of nitrogens with zero attached hydrogens (tertiary/aromatic N) is 1. The SMILES string of the molecule is CCOc1ccccc1N(CC(=O)N[C@@H](C)c1ccc2c(c1)CCCC2)S(=O)(=O)c1ccc(Cl)cc1. The molecule has 0 bridgehead atoms. The summed E-state index contributed by atoms with van der Waals surface area (Å²) >= 11 is 5.98. The van der Waals surface area contributed by atoms with Crippen LogP contribution in [-0.4, -0.2) is 27.5 Å². The van der Waals surface area contributed by atoms with Crippen LogP contribution >= 0.6 is 11.6 Å². The van der Waals surface area contributed by atoms with E-state index in [-0.39, 0.29) is 10.9 Å². The highest BCUT2D eigenvalue weighted by Gasteiger charge is 2.30. The van der Waals surface area contributed by atoms with Crippen molar-refractivity contribution in [3.63, 3.8) is 0 Å². The molecule has 8 heteroatoms. The van der Waals surface area contributed by atoms with Crippen LogP contribution in [0.4, 0.5) is 5.69 Å². The number of amides is 1. The van der Waals surface area contributed by atoms with E-state index < -0.39 is 22.5 Å². The van der Waals surface area contributed by atoms with Crippen LogP contribution in [0.2, 0.25) is 5.02 Å². The smallest absolute Gasteiger partial charge is 0.264 e. The maximum atomic E-state index is 13.7. The number of hydrogen-bond donors (Lipinski definition) is 1. The summed E-state index contributed by atoms with van der Waals surface area (Å²) in [6.45, 7) is 3.69. The molecule has 0 aliphatic heterocycles. The summed E-state index contributed by atoms with van der Waals surface area (Å²) in [5, 5.41) is 3.40. The molecule has 3 aromatic rings. The van der Waals surface area contributed by atoms with Gasteiger partial charge in [0.05, 0.1) is 23.2 Å². The lowest BCUT2D eigenvalue weighted by atomic mass is 9.89. The van der Waals surface area contributed by atoms with Gasteiger partial charge in [-0.15, -0.1) is 0 Å². The van der Waals surface area contributed by atoms with Crippen LogP contribution in [-0.2, 0) is 27.7 Å². The van der Waals surface area contributed by atoms with Crippen molar-refractivity contribution in [2.75, 3.05) is 17.5 Å². The van der Waals surface area contributed by atoms with Gasteiger partial charge >= 0.3 is 0 Å². The van der Waals surface area contributed by atoms with E-state index >= 15 is 0 Å². The van der Waals surface area contributed by atoms with Crippen LogP contribution in [0.25, 0.3) is 0 Å². The molecule has 0 aromatic heterocycles. The number of halogens is 1. The van der Waals surface area contributed by atoms with E-state index in [4.69, 9.17) is 16.3 Å². The van der Waals surface area contributed by atoms with E-state index in [1.54, 1.807) is 24.3 Å². The second-order valence-corrected chi connectivity index (χ2v) is 11.2. The van der Waals surface area contributed by atoms with Gasteiger partial charge in [-0.3, -0.25) is 9.10 Å². The van der Waals surface area contributed by atoms with E-state index in [1.807, 2.05) is 19.9 Å². The number of hydrogen-bond acceptors (Lipinski definition) is 4. The van der Waals surface area contributed by atoms with Gasteiger partial charge in [-0.05, 0) is 92.6 Å². The van der Waals surface area contributed by atoms with Crippen molar-refractivity contribution in [2.24, 2.45) is 0 Å². The fraction of sp³-hybridized carbons (Fsp3) is 0.321. The first-order valence-corrected chi connectivity index (χ1v) is 14.0. The van der Waals surface area contributed by atoms with Gasteiger partial charge in [0.15, 0.2) is 0 Å². The maximum absolute atomic E-state index is 13.7. The van der Waals surface area contributed by atoms with Gasteiger partial charge in [0.1, 0.15) is 12.3 Å². The van der Waals surface area contributed by atoms with Crippen molar-refractivity contribution >= 4 is 33.2 Å². The zero-order valence-electron chi connectivity index (χ0n) is 20.5. The van der Waals surface area contributed by atoms with Gasteiger partial charge in [0.25, 0.3) is 10.0 Å². The van der Waals surface area contributed by atoms with Crippen LogP contribution in [0.15, 0.2) is 71.6 Å². The zero-order valence-corrected chi connectivity index (χ0v) is 22.1. The number of benzene rings is 3. The van der Waals surface area contributed by atoms with Crippen LogP contribution in [0.1, 0.15) is 49.4 Å². The highest BCUT2D eigenvalue weighted by Crippen LogP contribution is 2.33. The van der Waals surface area contributed by atoms with Crippen molar-refractivity contribution in [1.29, 1.82) is 0 Å². The number of sulfonamides is 1. The molecule has 0 saturated heterocycles. The third kappa shape index (κ3) is 5.85. The van der Waals surface area contributed by atoms with Crippen LogP contribution in [0.5, 0.6) is 5.75 Å². The van der Waals surface area contributed by atoms with Gasteiger partial charge in [-0.25, -0.2) is 8.42 Å². The molecule has 6 nitrogen and oxygen atoms in total. The summed E-state index contributed by atoms with van der Waals surface area (Å²) < 4.78 is 34.2. The number of ether oxygens (including phenoxy) is 1. The lowest BCUT2D eigenvalue weighted by molar-refractivity contribution is -0.120. The number of anilines is 1. The van der Waals surface area contributed by atoms with Gasteiger partial charge in [0, 0.05) is 5.02 Å². The molecule has 0 saturated carbocycles. The van der Waals surface area contributed by atoms with Gasteiger partial charge in [-0.2, -0.15) is 0 Å². The molecular weight excluding hydrogens is 496 g/mol. The van der Waals surface area contributed by atoms with E-state index in [0.29, 0.717) is 23.1 Å². The number of aryl methyl sites for hydroxylation is 2. The van der Waals surface area contributed by atoms with Gasteiger partial charge in [-0.1, -0.05) is 41.9 Å². The highest BCUT2D eigenvalue weighted by atomic mass is 35.5. The van der Waals surface area contributed by atoms with Crippen LogP contribution in [0.3, 0.4) is 0 Å². The Hall–Kier alpha value is -3.03. The Morgan fingerprint density at radius 2 is 1.72 bits per heavy atom. The molecule has 1 atom stereocenters. The second-order valence-electron chi connectivity index (χ2n) is 8.89. The third-order valence-electron chi connectivity index (χ3n) is 6.37. The molecule has 0 fully saturated rings. The Balaban J connectivity index is 1.61. The quantitative estimate of drug-likeness (QED) is 0.388. The summed E-state index contributed by atoms with van der Waals surface area (Å²) in [7, 11) is -4.09. The molecule has 1 aliphatic carbocycles. The molecule has 0 radical (unpaired) electrons. The summed E-state index contributed by atoms with van der Waals surface area (Å²) in [5.74, 6) is -0.0304. The molecule has 0 heterocycles. The lowest BCUT2D eigenvalue weighted by Crippen LogP contribution is -2.41. The van der Waals surface area contributed by atoms with E-state index in [0.717, 1.165) is 22.7 Å². The molecule has 1 amide bonds. The monoisotopic (exact) mass is 526 g/mol. The van der Waals surface area contributed by atoms with E-state index in [2.05, 4.69) is 17.4 Å². The van der Waals surface area contributed by atoms with Crippen LogP contribution < -0.4 is 14.4 Å². The molecule has 190 valence electrons. The summed E-state index contributed by atoms with van der Waals surface area (Å²) in [4.78, 5) is 13.3. The number of rotatable bonds is 9. The summed E-state index contributed by atoms with van der Waals surface area (Å²) in [6, 6.07) is 18.8. The fourth-order valence-electron chi connectivity index (χ4n) is 4.50. The highest BCUT2D eigenvalue weighted by molar-refractivity contribution is 7.92. The zero-order chi connectivity index (χ0) is 25.7. The first-order chi connectivity index (χ1) is 17.3. The van der Waals surface area contributed by atoms with Gasteiger partial charge in [0.2, 0.25) is 5.91 Å². The summed E-state index contributed by atoms with van der Waals surface area (Å²) in [6.07, 6.45) is 4.52. The van der Waals surface area contributed by atoms with Crippen LogP contribution in [0, 0.1) is 0 Å². The van der Waals surface area contributed by atoms with Gasteiger partial charge < -0.3 is 10.1 Å². The first kappa shape index (κ1) is 26.0. The number of carbonyl (C=O) groups excluding carboxylic acids is 1. The number of para-hydroxylation sites is 2. The first-order valence-electron chi connectivity index (χ1n) is 12.2. The molecule has 1 aliphatic rings. The second kappa shape index (κ2) is 11.4. The standard InChI is InChI=1S/C28H31ClN2O4S/c1-3-35-27-11-7-6-10-26(27)31(36(33,34)25-16-14-24(29)15-17-25)19-28(32)30-20(2)22-13-12-21-8-4-5-9-23(21)18-22/h6-7,10-18,20H,3-5,8-9,19H2,1-2H3,(H,30,32)/t20-/m0/s1. The number of fused-ring (bicyclic) bond motifs is 1. The summed E-state index contributed by atoms with van der Waals surface area (Å²) in [5.41, 5.74) is 4.01. The molecule has 36 heavy (non-hydrogen) atoms. The average Bonchev–Trinajstić information content (AvgIpc) is 2.88. The molecule has 1 N–H and O–H groups in total.